The monoisotopic (exact) mass is 404 g/mol. The zero-order valence-corrected chi connectivity index (χ0v) is 14.8. The smallest absolute Gasteiger partial charge is 0.219 e. The van der Waals surface area contributed by atoms with Crippen LogP contribution in [0.4, 0.5) is 0 Å². The molecule has 0 aliphatic carbocycles. The molecule has 1 aromatic rings. The number of carbonyl (C=O) groups is 1. The lowest BCUT2D eigenvalue weighted by Crippen LogP contribution is -2.47. The topological polar surface area (TPSA) is 32.8 Å². The lowest BCUT2D eigenvalue weighted by Gasteiger charge is -2.34. The van der Waals surface area contributed by atoms with E-state index in [9.17, 15) is 4.79 Å². The van der Waals surface area contributed by atoms with E-state index in [1.165, 1.54) is 0 Å². The molecule has 4 nitrogen and oxygen atoms in total. The van der Waals surface area contributed by atoms with Crippen LogP contribution < -0.4 is 4.74 Å². The summed E-state index contributed by atoms with van der Waals surface area (Å²) >= 11 is 7.04. The molecule has 1 fully saturated rings. The summed E-state index contributed by atoms with van der Waals surface area (Å²) in [6.45, 7) is 5.84. The maximum absolute atomic E-state index is 11.3. The second-order valence-electron chi connectivity index (χ2n) is 4.86. The van der Waals surface area contributed by atoms with E-state index >= 15 is 0 Å². The van der Waals surface area contributed by atoms with Crippen LogP contribution in [-0.4, -0.2) is 49.0 Å². The predicted molar refractivity (Wildman–Crippen MR) is 85.9 cm³/mol. The molecule has 1 aliphatic rings. The Kier molecular flexibility index (Phi) is 5.46. The molecule has 0 radical (unpaired) electrons. The predicted octanol–water partition coefficient (Wildman–Crippen LogP) is 2.88. The molecule has 0 N–H and O–H groups in total. The first kappa shape index (κ1) is 15.8. The summed E-state index contributed by atoms with van der Waals surface area (Å²) in [4.78, 5) is 15.6. The van der Waals surface area contributed by atoms with Gasteiger partial charge in [-0.3, -0.25) is 9.69 Å². The number of piperazine rings is 1. The first-order chi connectivity index (χ1) is 9.51. The third kappa shape index (κ3) is 3.74. The number of amides is 1. The molecule has 1 aliphatic heterocycles. The first-order valence-electron chi connectivity index (χ1n) is 6.51. The highest BCUT2D eigenvalue weighted by Gasteiger charge is 2.20. The summed E-state index contributed by atoms with van der Waals surface area (Å²) in [6, 6.07) is 4.07. The standard InChI is InChI=1S/C14H18Br2N2O2/c1-10(19)18-5-3-17(4-6-18)9-11-7-12(15)8-13(16)14(11)20-2/h7-8H,3-6,9H2,1-2H3. The second-order valence-corrected chi connectivity index (χ2v) is 6.63. The van der Waals surface area contributed by atoms with Crippen molar-refractivity contribution < 1.29 is 9.53 Å². The molecule has 20 heavy (non-hydrogen) atoms. The highest BCUT2D eigenvalue weighted by atomic mass is 79.9. The number of halogens is 2. The molecular formula is C14H18Br2N2O2. The molecule has 1 amide bonds. The second kappa shape index (κ2) is 6.91. The van der Waals surface area contributed by atoms with E-state index < -0.39 is 0 Å². The average molecular weight is 406 g/mol. The highest BCUT2D eigenvalue weighted by molar-refractivity contribution is 9.11. The van der Waals surface area contributed by atoms with E-state index in [4.69, 9.17) is 4.74 Å². The van der Waals surface area contributed by atoms with Gasteiger partial charge < -0.3 is 9.64 Å². The minimum absolute atomic E-state index is 0.160. The van der Waals surface area contributed by atoms with Crippen molar-refractivity contribution in [3.05, 3.63) is 26.6 Å². The van der Waals surface area contributed by atoms with Crippen molar-refractivity contribution in [2.24, 2.45) is 0 Å². The van der Waals surface area contributed by atoms with Crippen LogP contribution in [-0.2, 0) is 11.3 Å². The third-order valence-electron chi connectivity index (χ3n) is 3.50. The van der Waals surface area contributed by atoms with Gasteiger partial charge in [0.25, 0.3) is 0 Å². The van der Waals surface area contributed by atoms with E-state index in [0.717, 1.165) is 53.0 Å². The number of ether oxygens (including phenoxy) is 1. The van der Waals surface area contributed by atoms with Gasteiger partial charge in [-0.2, -0.15) is 0 Å². The third-order valence-corrected chi connectivity index (χ3v) is 4.55. The Bertz CT molecular complexity index is 500. The molecule has 6 heteroatoms. The minimum atomic E-state index is 0.160. The normalized spacial score (nSPS) is 16.3. The van der Waals surface area contributed by atoms with Gasteiger partial charge >= 0.3 is 0 Å². The average Bonchev–Trinajstić information content (AvgIpc) is 2.39. The van der Waals surface area contributed by atoms with E-state index in [1.807, 2.05) is 11.0 Å². The molecule has 1 saturated heterocycles. The van der Waals surface area contributed by atoms with Gasteiger partial charge in [-0.05, 0) is 28.1 Å². The lowest BCUT2D eigenvalue weighted by molar-refractivity contribution is -0.130. The molecule has 0 aromatic heterocycles. The largest absolute Gasteiger partial charge is 0.495 e. The van der Waals surface area contributed by atoms with Gasteiger partial charge in [0, 0.05) is 49.7 Å². The number of rotatable bonds is 3. The summed E-state index contributed by atoms with van der Waals surface area (Å²) in [5.41, 5.74) is 1.14. The summed E-state index contributed by atoms with van der Waals surface area (Å²) in [5, 5.41) is 0. The Morgan fingerprint density at radius 1 is 1.25 bits per heavy atom. The molecule has 0 atom stereocenters. The van der Waals surface area contributed by atoms with Crippen LogP contribution >= 0.6 is 31.9 Å². The zero-order valence-electron chi connectivity index (χ0n) is 11.7. The molecule has 0 bridgehead atoms. The Balaban J connectivity index is 2.06. The van der Waals surface area contributed by atoms with E-state index in [2.05, 4.69) is 42.8 Å². The molecular weight excluding hydrogens is 388 g/mol. The maximum Gasteiger partial charge on any atom is 0.219 e. The van der Waals surface area contributed by atoms with Crippen LogP contribution in [0.5, 0.6) is 5.75 Å². The van der Waals surface area contributed by atoms with E-state index in [1.54, 1.807) is 14.0 Å². The minimum Gasteiger partial charge on any atom is -0.495 e. The van der Waals surface area contributed by atoms with E-state index in [0.29, 0.717) is 0 Å². The van der Waals surface area contributed by atoms with Gasteiger partial charge in [0.15, 0.2) is 0 Å². The highest BCUT2D eigenvalue weighted by Crippen LogP contribution is 2.33. The fourth-order valence-corrected chi connectivity index (χ4v) is 3.90. The quantitative estimate of drug-likeness (QED) is 0.775. The van der Waals surface area contributed by atoms with Crippen molar-refractivity contribution in [2.45, 2.75) is 13.5 Å². The van der Waals surface area contributed by atoms with Gasteiger partial charge in [-0.1, -0.05) is 15.9 Å². The molecule has 0 saturated carbocycles. The van der Waals surface area contributed by atoms with Crippen molar-refractivity contribution in [2.75, 3.05) is 33.3 Å². The van der Waals surface area contributed by atoms with Crippen LogP contribution in [0.25, 0.3) is 0 Å². The van der Waals surface area contributed by atoms with Crippen LogP contribution in [0.2, 0.25) is 0 Å². The molecule has 2 rings (SSSR count). The fourth-order valence-electron chi connectivity index (χ4n) is 2.42. The van der Waals surface area contributed by atoms with Crippen LogP contribution in [0.1, 0.15) is 12.5 Å². The zero-order chi connectivity index (χ0) is 14.7. The van der Waals surface area contributed by atoms with Gasteiger partial charge in [0.2, 0.25) is 5.91 Å². The van der Waals surface area contributed by atoms with Crippen molar-refractivity contribution in [1.82, 2.24) is 9.80 Å². The van der Waals surface area contributed by atoms with Gasteiger partial charge in [-0.25, -0.2) is 0 Å². The van der Waals surface area contributed by atoms with E-state index in [-0.39, 0.29) is 5.91 Å². The number of hydrogen-bond acceptors (Lipinski definition) is 3. The Morgan fingerprint density at radius 2 is 1.90 bits per heavy atom. The van der Waals surface area contributed by atoms with Crippen molar-refractivity contribution in [1.29, 1.82) is 0 Å². The van der Waals surface area contributed by atoms with Gasteiger partial charge in [0.05, 0.1) is 11.6 Å². The number of carbonyl (C=O) groups excluding carboxylic acids is 1. The SMILES string of the molecule is COc1c(Br)cc(Br)cc1CN1CCN(C(C)=O)CC1. The van der Waals surface area contributed by atoms with Crippen molar-refractivity contribution in [3.63, 3.8) is 0 Å². The Labute approximate surface area is 136 Å². The maximum atomic E-state index is 11.3. The van der Waals surface area contributed by atoms with Crippen molar-refractivity contribution >= 4 is 37.8 Å². The molecule has 1 heterocycles. The van der Waals surface area contributed by atoms with Crippen LogP contribution in [0.15, 0.2) is 21.1 Å². The molecule has 110 valence electrons. The molecule has 0 spiro atoms. The van der Waals surface area contributed by atoms with Gasteiger partial charge in [0.1, 0.15) is 5.75 Å². The fraction of sp³-hybridized carbons (Fsp3) is 0.500. The van der Waals surface area contributed by atoms with Gasteiger partial charge in [-0.15, -0.1) is 0 Å². The Morgan fingerprint density at radius 3 is 2.45 bits per heavy atom. The van der Waals surface area contributed by atoms with Crippen LogP contribution in [0, 0.1) is 0 Å². The Hall–Kier alpha value is -0.590. The van der Waals surface area contributed by atoms with Crippen LogP contribution in [0.3, 0.4) is 0 Å². The summed E-state index contributed by atoms with van der Waals surface area (Å²) in [7, 11) is 1.69. The first-order valence-corrected chi connectivity index (χ1v) is 8.09. The summed E-state index contributed by atoms with van der Waals surface area (Å²) in [5.74, 6) is 1.04. The number of hydrogen-bond donors (Lipinski definition) is 0. The number of nitrogens with zero attached hydrogens (tertiary/aromatic N) is 2. The van der Waals surface area contributed by atoms with Crippen molar-refractivity contribution in [3.8, 4) is 5.75 Å². The number of benzene rings is 1. The summed E-state index contributed by atoms with van der Waals surface area (Å²) < 4.78 is 7.45. The molecule has 1 aromatic carbocycles. The summed E-state index contributed by atoms with van der Waals surface area (Å²) in [6.07, 6.45) is 0. The molecule has 0 unspecified atom stereocenters. The lowest BCUT2D eigenvalue weighted by atomic mass is 10.1. The number of methoxy groups -OCH3 is 1.